The summed E-state index contributed by atoms with van der Waals surface area (Å²) in [7, 11) is 1.94. The van der Waals surface area contributed by atoms with Crippen molar-refractivity contribution < 1.29 is 22.8 Å². The summed E-state index contributed by atoms with van der Waals surface area (Å²) >= 11 is 0. The van der Waals surface area contributed by atoms with Crippen LogP contribution in [0.3, 0.4) is 0 Å². The number of hydrogen-bond donors (Lipinski definition) is 1. The van der Waals surface area contributed by atoms with E-state index in [4.69, 9.17) is 0 Å². The van der Waals surface area contributed by atoms with Crippen molar-refractivity contribution in [2.24, 2.45) is 0 Å². The van der Waals surface area contributed by atoms with E-state index in [1.165, 1.54) is 4.90 Å². The fourth-order valence-electron chi connectivity index (χ4n) is 2.32. The molecule has 0 bridgehead atoms. The Hall–Kier alpha value is -2.09. The van der Waals surface area contributed by atoms with Crippen molar-refractivity contribution in [2.75, 3.05) is 38.5 Å². The van der Waals surface area contributed by atoms with Crippen LogP contribution < -0.4 is 5.32 Å². The van der Waals surface area contributed by atoms with E-state index in [1.807, 2.05) is 7.05 Å². The highest BCUT2D eigenvalue weighted by Gasteiger charge is 2.30. The van der Waals surface area contributed by atoms with Crippen molar-refractivity contribution in [1.29, 1.82) is 0 Å². The number of anilines is 1. The summed E-state index contributed by atoms with van der Waals surface area (Å²) < 4.78 is 37.4. The van der Waals surface area contributed by atoms with Crippen LogP contribution in [0, 0.1) is 0 Å². The van der Waals surface area contributed by atoms with Gasteiger partial charge in [0, 0.05) is 25.3 Å². The molecule has 126 valence electrons. The molecule has 1 aliphatic rings. The summed E-state index contributed by atoms with van der Waals surface area (Å²) in [6, 6.07) is 3.98. The zero-order chi connectivity index (χ0) is 17.0. The van der Waals surface area contributed by atoms with E-state index < -0.39 is 23.6 Å². The number of nitrogens with zero attached hydrogens (tertiary/aromatic N) is 2. The quantitative estimate of drug-likeness (QED) is 0.800. The van der Waals surface area contributed by atoms with Crippen molar-refractivity contribution >= 4 is 17.5 Å². The molecule has 1 aromatic carbocycles. The minimum absolute atomic E-state index is 0.156. The molecule has 1 aromatic rings. The smallest absolute Gasteiger partial charge is 0.333 e. The molecular weight excluding hydrogens is 311 g/mol. The van der Waals surface area contributed by atoms with Gasteiger partial charge in [-0.15, -0.1) is 0 Å². The summed E-state index contributed by atoms with van der Waals surface area (Å²) in [5.74, 6) is -1.51. The number of carbonyl (C=O) groups excluding carboxylic acids is 2. The molecule has 23 heavy (non-hydrogen) atoms. The molecule has 0 unspecified atom stereocenters. The van der Waals surface area contributed by atoms with Crippen molar-refractivity contribution in [3.8, 4) is 0 Å². The van der Waals surface area contributed by atoms with Gasteiger partial charge in [-0.3, -0.25) is 9.59 Å². The van der Waals surface area contributed by atoms with Crippen LogP contribution in [0.4, 0.5) is 18.9 Å². The summed E-state index contributed by atoms with van der Waals surface area (Å²) in [5, 5.41) is 2.34. The third kappa shape index (κ3) is 4.69. The van der Waals surface area contributed by atoms with Gasteiger partial charge in [0.1, 0.15) is 0 Å². The van der Waals surface area contributed by atoms with Crippen LogP contribution in [-0.2, 0) is 15.8 Å². The van der Waals surface area contributed by atoms with Gasteiger partial charge in [0.05, 0.1) is 5.56 Å². The molecule has 5 nitrogen and oxygen atoms in total. The molecule has 0 atom stereocenters. The van der Waals surface area contributed by atoms with Gasteiger partial charge >= 0.3 is 18.0 Å². The largest absolute Gasteiger partial charge is 0.416 e. The zero-order valence-corrected chi connectivity index (χ0v) is 12.7. The SMILES string of the molecule is CN1CCCN(C(=O)C(=O)Nc2ccc(C(F)(F)F)cc2)CC1. The second kappa shape index (κ2) is 6.99. The average molecular weight is 329 g/mol. The van der Waals surface area contributed by atoms with Gasteiger partial charge in [-0.25, -0.2) is 0 Å². The Morgan fingerprint density at radius 1 is 1.04 bits per heavy atom. The van der Waals surface area contributed by atoms with Crippen molar-refractivity contribution in [2.45, 2.75) is 12.6 Å². The molecular formula is C15H18F3N3O2. The van der Waals surface area contributed by atoms with Gasteiger partial charge in [0.15, 0.2) is 0 Å². The van der Waals surface area contributed by atoms with Crippen LogP contribution in [0.1, 0.15) is 12.0 Å². The molecule has 1 N–H and O–H groups in total. The molecule has 0 saturated carbocycles. The van der Waals surface area contributed by atoms with Gasteiger partial charge in [0.25, 0.3) is 0 Å². The van der Waals surface area contributed by atoms with Crippen molar-refractivity contribution in [1.82, 2.24) is 9.80 Å². The van der Waals surface area contributed by atoms with E-state index >= 15 is 0 Å². The second-order valence-electron chi connectivity index (χ2n) is 5.48. The fourth-order valence-corrected chi connectivity index (χ4v) is 2.32. The van der Waals surface area contributed by atoms with E-state index in [-0.39, 0.29) is 5.69 Å². The second-order valence-corrected chi connectivity index (χ2v) is 5.48. The topological polar surface area (TPSA) is 52.7 Å². The number of likely N-dealkylation sites (N-methyl/N-ethyl adjacent to an activating group) is 1. The number of alkyl halides is 3. The first-order valence-corrected chi connectivity index (χ1v) is 7.23. The number of halogens is 3. The lowest BCUT2D eigenvalue weighted by Crippen LogP contribution is -2.41. The number of nitrogens with one attached hydrogen (secondary N) is 1. The third-order valence-electron chi connectivity index (χ3n) is 3.67. The fraction of sp³-hybridized carbons (Fsp3) is 0.467. The number of hydrogen-bond acceptors (Lipinski definition) is 3. The summed E-state index contributed by atoms with van der Waals surface area (Å²) in [6.45, 7) is 2.48. The molecule has 1 fully saturated rings. The van der Waals surface area contributed by atoms with Crippen LogP contribution in [0.2, 0.25) is 0 Å². The van der Waals surface area contributed by atoms with Crippen LogP contribution in [0.15, 0.2) is 24.3 Å². The highest BCUT2D eigenvalue weighted by Crippen LogP contribution is 2.29. The third-order valence-corrected chi connectivity index (χ3v) is 3.67. The summed E-state index contributed by atoms with van der Waals surface area (Å²) in [4.78, 5) is 27.6. The van der Waals surface area contributed by atoms with Crippen LogP contribution >= 0.6 is 0 Å². The Morgan fingerprint density at radius 2 is 1.70 bits per heavy atom. The minimum Gasteiger partial charge on any atom is -0.333 e. The molecule has 2 rings (SSSR count). The standard InChI is InChI=1S/C15H18F3N3O2/c1-20-7-2-8-21(10-9-20)14(23)13(22)19-12-5-3-11(4-6-12)15(16,17)18/h3-6H,2,7-10H2,1H3,(H,19,22). The minimum atomic E-state index is -4.43. The van der Waals surface area contributed by atoms with E-state index in [0.717, 1.165) is 37.2 Å². The lowest BCUT2D eigenvalue weighted by Gasteiger charge is -2.19. The Kier molecular flexibility index (Phi) is 5.25. The zero-order valence-electron chi connectivity index (χ0n) is 12.7. The molecule has 0 aromatic heterocycles. The van der Waals surface area contributed by atoms with Crippen molar-refractivity contribution in [3.05, 3.63) is 29.8 Å². The maximum atomic E-state index is 12.5. The maximum Gasteiger partial charge on any atom is 0.416 e. The van der Waals surface area contributed by atoms with Crippen molar-refractivity contribution in [3.63, 3.8) is 0 Å². The predicted octanol–water partition coefficient (Wildman–Crippen LogP) is 1.81. The van der Waals surface area contributed by atoms with E-state index in [2.05, 4.69) is 10.2 Å². The average Bonchev–Trinajstić information content (AvgIpc) is 2.71. The molecule has 1 saturated heterocycles. The highest BCUT2D eigenvalue weighted by atomic mass is 19.4. The van der Waals surface area contributed by atoms with Gasteiger partial charge < -0.3 is 15.1 Å². The first-order valence-electron chi connectivity index (χ1n) is 7.23. The Balaban J connectivity index is 1.97. The van der Waals surface area contributed by atoms with E-state index in [9.17, 15) is 22.8 Å². The molecule has 0 spiro atoms. The molecule has 1 aliphatic heterocycles. The summed E-state index contributed by atoms with van der Waals surface area (Å²) in [5.41, 5.74) is -0.652. The molecule has 2 amide bonds. The Labute approximate surface area is 132 Å². The number of rotatable bonds is 1. The van der Waals surface area contributed by atoms with Gasteiger partial charge in [0.2, 0.25) is 0 Å². The first kappa shape index (κ1) is 17.3. The number of amides is 2. The lowest BCUT2D eigenvalue weighted by molar-refractivity contribution is -0.143. The first-order chi connectivity index (χ1) is 10.8. The molecule has 0 radical (unpaired) electrons. The van der Waals surface area contributed by atoms with Gasteiger partial charge in [-0.1, -0.05) is 0 Å². The Bertz CT molecular complexity index is 572. The lowest BCUT2D eigenvalue weighted by atomic mass is 10.2. The van der Waals surface area contributed by atoms with E-state index in [0.29, 0.717) is 19.6 Å². The Morgan fingerprint density at radius 3 is 2.30 bits per heavy atom. The molecule has 8 heteroatoms. The monoisotopic (exact) mass is 329 g/mol. The van der Waals surface area contributed by atoms with Gasteiger partial charge in [-0.2, -0.15) is 13.2 Å². The van der Waals surface area contributed by atoms with Crippen LogP contribution in [0.25, 0.3) is 0 Å². The highest BCUT2D eigenvalue weighted by molar-refractivity contribution is 6.39. The summed E-state index contributed by atoms with van der Waals surface area (Å²) in [6.07, 6.45) is -3.66. The van der Waals surface area contributed by atoms with Crippen LogP contribution in [-0.4, -0.2) is 54.8 Å². The van der Waals surface area contributed by atoms with Crippen LogP contribution in [0.5, 0.6) is 0 Å². The maximum absolute atomic E-state index is 12.5. The normalized spacial score (nSPS) is 16.8. The molecule has 0 aliphatic carbocycles. The predicted molar refractivity (Wildman–Crippen MR) is 78.8 cm³/mol. The van der Waals surface area contributed by atoms with E-state index in [1.54, 1.807) is 0 Å². The number of benzene rings is 1. The van der Waals surface area contributed by atoms with Gasteiger partial charge in [-0.05, 0) is 44.3 Å². The molecule has 1 heterocycles. The number of carbonyl (C=O) groups is 2.